The summed E-state index contributed by atoms with van der Waals surface area (Å²) in [5.41, 5.74) is 8.38. The quantitative estimate of drug-likeness (QED) is 0.273. The fourth-order valence-electron chi connectivity index (χ4n) is 3.79. The summed E-state index contributed by atoms with van der Waals surface area (Å²) in [6.45, 7) is 9.11. The summed E-state index contributed by atoms with van der Waals surface area (Å²) in [6.07, 6.45) is 0.744. The molecule has 0 aromatic heterocycles. The van der Waals surface area contributed by atoms with Gasteiger partial charge in [-0.15, -0.1) is 0 Å². The van der Waals surface area contributed by atoms with Crippen molar-refractivity contribution in [2.45, 2.75) is 65.2 Å². The third-order valence-corrected chi connectivity index (χ3v) is 5.16. The van der Waals surface area contributed by atoms with Crippen LogP contribution in [0.2, 0.25) is 0 Å². The minimum absolute atomic E-state index is 0.0355. The van der Waals surface area contributed by atoms with Crippen LogP contribution in [0.1, 0.15) is 79.7 Å². The number of nitrogens with two attached hydrogens (primary N) is 1. The van der Waals surface area contributed by atoms with Gasteiger partial charge in [0.1, 0.15) is 17.4 Å². The molecule has 0 bridgehead atoms. The number of benzene rings is 2. The molecule has 0 saturated heterocycles. The number of carbonyl (C=O) groups is 2. The molecule has 9 nitrogen and oxygen atoms in total. The first kappa shape index (κ1) is 25.6. The maximum atomic E-state index is 12.5. The first-order valence-electron chi connectivity index (χ1n) is 11.4. The van der Waals surface area contributed by atoms with E-state index in [-0.39, 0.29) is 29.1 Å². The van der Waals surface area contributed by atoms with Gasteiger partial charge in [-0.1, -0.05) is 23.4 Å². The van der Waals surface area contributed by atoms with E-state index in [1.165, 1.54) is 12.1 Å². The minimum atomic E-state index is -0.752. The zero-order chi connectivity index (χ0) is 25.8. The molecular weight excluding hydrogens is 448 g/mol. The highest BCUT2D eigenvalue weighted by Crippen LogP contribution is 2.33. The number of hydrogen-bond donors (Lipinski definition) is 2. The van der Waals surface area contributed by atoms with Crippen molar-refractivity contribution in [3.05, 3.63) is 64.2 Å². The molecular formula is C26H30N4O5. The Morgan fingerprint density at radius 3 is 2.63 bits per heavy atom. The second kappa shape index (κ2) is 10.5. The number of fused-ring (bicyclic) bond motifs is 1. The van der Waals surface area contributed by atoms with Crippen molar-refractivity contribution in [1.29, 1.82) is 5.26 Å². The molecule has 1 aliphatic rings. The van der Waals surface area contributed by atoms with Crippen LogP contribution in [0.5, 0.6) is 5.75 Å². The van der Waals surface area contributed by atoms with Crippen molar-refractivity contribution < 1.29 is 23.9 Å². The summed E-state index contributed by atoms with van der Waals surface area (Å²) in [5.74, 6) is -0.331. The molecule has 3 rings (SSSR count). The van der Waals surface area contributed by atoms with Crippen molar-refractivity contribution >= 4 is 17.9 Å². The van der Waals surface area contributed by atoms with Crippen molar-refractivity contribution in [2.24, 2.45) is 10.9 Å². The van der Waals surface area contributed by atoms with Crippen LogP contribution in [0.25, 0.3) is 0 Å². The lowest BCUT2D eigenvalue weighted by atomic mass is 10.0. The van der Waals surface area contributed by atoms with E-state index in [9.17, 15) is 14.9 Å². The maximum Gasteiger partial charge on any atom is 0.408 e. The lowest BCUT2D eigenvalue weighted by Gasteiger charge is -2.22. The molecule has 0 heterocycles. The fourth-order valence-corrected chi connectivity index (χ4v) is 3.79. The molecule has 35 heavy (non-hydrogen) atoms. The van der Waals surface area contributed by atoms with Crippen molar-refractivity contribution in [3.63, 3.8) is 0 Å². The largest absolute Gasteiger partial charge is 0.490 e. The molecule has 1 amide bonds. The third kappa shape index (κ3) is 6.51. The Labute approximate surface area is 204 Å². The molecule has 2 aromatic carbocycles. The zero-order valence-corrected chi connectivity index (χ0v) is 20.5. The first-order chi connectivity index (χ1) is 16.5. The highest BCUT2D eigenvalue weighted by atomic mass is 16.7. The number of amides is 1. The van der Waals surface area contributed by atoms with Gasteiger partial charge in [-0.2, -0.15) is 5.26 Å². The topological polar surface area (TPSA) is 136 Å². The van der Waals surface area contributed by atoms with Crippen molar-refractivity contribution in [2.75, 3.05) is 0 Å². The number of nitrogens with zero attached hydrogens (tertiary/aromatic N) is 2. The smallest absolute Gasteiger partial charge is 0.408 e. The molecule has 1 aliphatic carbocycles. The van der Waals surface area contributed by atoms with Gasteiger partial charge in [-0.3, -0.25) is 0 Å². The van der Waals surface area contributed by atoms with Crippen LogP contribution < -0.4 is 15.8 Å². The Balaban J connectivity index is 1.73. The summed E-state index contributed by atoms with van der Waals surface area (Å²) < 4.78 is 10.9. The van der Waals surface area contributed by atoms with Gasteiger partial charge in [0.05, 0.1) is 23.3 Å². The van der Waals surface area contributed by atoms with Gasteiger partial charge < -0.3 is 25.4 Å². The lowest BCUT2D eigenvalue weighted by Crippen LogP contribution is -2.34. The molecule has 0 saturated carbocycles. The number of ether oxygens (including phenoxy) is 2. The highest BCUT2D eigenvalue weighted by Gasteiger charge is 2.28. The Hall–Kier alpha value is -4.06. The molecule has 0 aliphatic heterocycles. The van der Waals surface area contributed by atoms with E-state index in [0.717, 1.165) is 11.1 Å². The van der Waals surface area contributed by atoms with Crippen molar-refractivity contribution in [3.8, 4) is 11.8 Å². The van der Waals surface area contributed by atoms with E-state index in [2.05, 4.69) is 10.5 Å². The van der Waals surface area contributed by atoms with Crippen molar-refractivity contribution in [1.82, 2.24) is 5.32 Å². The van der Waals surface area contributed by atoms with E-state index in [0.29, 0.717) is 24.2 Å². The fraction of sp³-hybridized carbons (Fsp3) is 0.385. The number of hydrogen-bond acceptors (Lipinski definition) is 7. The van der Waals surface area contributed by atoms with E-state index in [1.807, 2.05) is 26.0 Å². The minimum Gasteiger partial charge on any atom is -0.490 e. The summed E-state index contributed by atoms with van der Waals surface area (Å²) >= 11 is 0. The second-order valence-electron chi connectivity index (χ2n) is 9.46. The van der Waals surface area contributed by atoms with E-state index in [1.54, 1.807) is 39.0 Å². The normalized spacial score (nSPS) is 15.2. The van der Waals surface area contributed by atoms with Gasteiger partial charge in [0.2, 0.25) is 0 Å². The van der Waals surface area contributed by atoms with Gasteiger partial charge in [-0.25, -0.2) is 9.59 Å². The predicted molar refractivity (Wildman–Crippen MR) is 130 cm³/mol. The van der Waals surface area contributed by atoms with Gasteiger partial charge in [0, 0.05) is 5.56 Å². The zero-order valence-electron chi connectivity index (χ0n) is 20.5. The average Bonchev–Trinajstić information content (AvgIpc) is 3.18. The van der Waals surface area contributed by atoms with Crippen LogP contribution >= 0.6 is 0 Å². The molecule has 0 fully saturated rings. The van der Waals surface area contributed by atoms with Crippen LogP contribution in [0.15, 0.2) is 41.6 Å². The third-order valence-electron chi connectivity index (χ3n) is 5.16. The standard InChI is InChI=1S/C26H30N4O5/c1-15(2)33-22-12-9-16(13-17(22)14-27)24(31)35-30-23(28)20-8-6-7-19-18(20)10-11-21(19)29-25(32)34-26(3,4)5/h6-9,12-13,15,21H,10-11H2,1-5H3,(H2,28,30)(H,29,32)/t21-/m1/s1. The van der Waals surface area contributed by atoms with E-state index >= 15 is 0 Å². The SMILES string of the molecule is CC(C)Oc1ccc(C(=O)ON=C(N)c2cccc3c2CC[C@H]3NC(=O)OC(C)(C)C)cc1C#N. The lowest BCUT2D eigenvalue weighted by molar-refractivity contribution is 0.0498. The van der Waals surface area contributed by atoms with Crippen LogP contribution in [0.4, 0.5) is 4.79 Å². The Bertz CT molecular complexity index is 1190. The van der Waals surface area contributed by atoms with Gasteiger partial charge >= 0.3 is 12.1 Å². The summed E-state index contributed by atoms with van der Waals surface area (Å²) in [6, 6.07) is 11.7. The Morgan fingerprint density at radius 2 is 1.97 bits per heavy atom. The maximum absolute atomic E-state index is 12.5. The van der Waals surface area contributed by atoms with Crippen LogP contribution in [0, 0.1) is 11.3 Å². The molecule has 9 heteroatoms. The van der Waals surface area contributed by atoms with Gasteiger partial charge in [-0.05, 0) is 76.8 Å². The monoisotopic (exact) mass is 478 g/mol. The molecule has 2 aromatic rings. The van der Waals surface area contributed by atoms with Gasteiger partial charge in [0.25, 0.3) is 0 Å². The molecule has 0 spiro atoms. The average molecular weight is 479 g/mol. The number of nitriles is 1. The van der Waals surface area contributed by atoms with Crippen LogP contribution in [-0.2, 0) is 16.0 Å². The summed E-state index contributed by atoms with van der Waals surface area (Å²) in [5, 5.41) is 16.1. The first-order valence-corrected chi connectivity index (χ1v) is 11.4. The highest BCUT2D eigenvalue weighted by molar-refractivity contribution is 6.00. The molecule has 0 radical (unpaired) electrons. The van der Waals surface area contributed by atoms with E-state index in [4.69, 9.17) is 20.0 Å². The summed E-state index contributed by atoms with van der Waals surface area (Å²) in [4.78, 5) is 29.8. The summed E-state index contributed by atoms with van der Waals surface area (Å²) in [7, 11) is 0. The number of alkyl carbamates (subject to hydrolysis) is 1. The van der Waals surface area contributed by atoms with E-state index < -0.39 is 17.7 Å². The molecule has 184 valence electrons. The Morgan fingerprint density at radius 1 is 1.23 bits per heavy atom. The van der Waals surface area contributed by atoms with Gasteiger partial charge in [0.15, 0.2) is 5.84 Å². The Kier molecular flexibility index (Phi) is 7.65. The molecule has 0 unspecified atom stereocenters. The number of carbonyl (C=O) groups excluding carboxylic acids is 2. The van der Waals surface area contributed by atoms with Crippen LogP contribution in [0.3, 0.4) is 0 Å². The number of nitrogens with one attached hydrogen (secondary N) is 1. The second-order valence-corrected chi connectivity index (χ2v) is 9.46. The predicted octanol–water partition coefficient (Wildman–Crippen LogP) is 4.33. The number of oxime groups is 1. The number of amidine groups is 1. The molecule has 1 atom stereocenters. The molecule has 3 N–H and O–H groups in total. The number of rotatable bonds is 6. The van der Waals surface area contributed by atoms with Crippen LogP contribution in [-0.4, -0.2) is 29.6 Å².